The maximum atomic E-state index is 11.9. The van der Waals surface area contributed by atoms with Gasteiger partial charge in [0.1, 0.15) is 11.9 Å². The molecule has 1 unspecified atom stereocenters. The number of benzene rings is 2. The van der Waals surface area contributed by atoms with Crippen LogP contribution in [0.15, 0.2) is 88.8 Å². The SMILES string of the molecule is CCC1CCN(Cc2cnc(C(O)(c3ccccc3)c3ccccc3)o2)C[C@@H]1Oc1cccs1. The standard InChI is InChI=1S/C28H30N2O3S/c1-2-21-15-16-30(20-25(21)33-26-14-9-17-34-26)19-24-18-29-27(32-24)28(31,22-10-5-3-6-11-22)23-12-7-4-8-13-23/h3-14,17-18,21,25,31H,2,15-16,19-20H2,1H3/t21?,25-/m0/s1. The normalized spacial score (nSPS) is 19.2. The minimum atomic E-state index is -1.46. The molecular weight excluding hydrogens is 444 g/mol. The Labute approximate surface area is 204 Å². The maximum absolute atomic E-state index is 11.9. The number of ether oxygens (including phenoxy) is 1. The summed E-state index contributed by atoms with van der Waals surface area (Å²) in [6, 6.07) is 23.2. The van der Waals surface area contributed by atoms with Crippen LogP contribution in [-0.4, -0.2) is 34.2 Å². The second kappa shape index (κ2) is 10.1. The molecule has 6 heteroatoms. The van der Waals surface area contributed by atoms with Gasteiger partial charge in [0, 0.05) is 6.54 Å². The minimum absolute atomic E-state index is 0.158. The first-order valence-corrected chi connectivity index (χ1v) is 12.8. The van der Waals surface area contributed by atoms with E-state index in [-0.39, 0.29) is 12.0 Å². The molecule has 4 aromatic rings. The molecule has 0 bridgehead atoms. The van der Waals surface area contributed by atoms with Crippen LogP contribution in [0.3, 0.4) is 0 Å². The van der Waals surface area contributed by atoms with E-state index in [1.54, 1.807) is 17.5 Å². The van der Waals surface area contributed by atoms with Crippen molar-refractivity contribution in [1.29, 1.82) is 0 Å². The average molecular weight is 475 g/mol. The van der Waals surface area contributed by atoms with E-state index in [1.165, 1.54) is 0 Å². The van der Waals surface area contributed by atoms with Crippen molar-refractivity contribution in [2.24, 2.45) is 5.92 Å². The van der Waals surface area contributed by atoms with Gasteiger partial charge in [0.15, 0.2) is 10.7 Å². The number of piperidine rings is 1. The summed E-state index contributed by atoms with van der Waals surface area (Å²) >= 11 is 1.64. The van der Waals surface area contributed by atoms with Crippen molar-refractivity contribution < 1.29 is 14.3 Å². The molecule has 1 saturated heterocycles. The summed E-state index contributed by atoms with van der Waals surface area (Å²) in [4.78, 5) is 6.90. The van der Waals surface area contributed by atoms with Gasteiger partial charge in [-0.05, 0) is 53.9 Å². The largest absolute Gasteiger partial charge is 0.479 e. The second-order valence-corrected chi connectivity index (χ2v) is 9.76. The third-order valence-electron chi connectivity index (χ3n) is 6.69. The first-order chi connectivity index (χ1) is 16.7. The maximum Gasteiger partial charge on any atom is 0.236 e. The molecule has 3 heterocycles. The van der Waals surface area contributed by atoms with E-state index < -0.39 is 5.60 Å². The fourth-order valence-electron chi connectivity index (χ4n) is 4.79. The Bertz CT molecular complexity index is 1120. The highest BCUT2D eigenvalue weighted by Crippen LogP contribution is 2.36. The molecule has 2 aromatic heterocycles. The molecule has 5 nitrogen and oxygen atoms in total. The summed E-state index contributed by atoms with van der Waals surface area (Å²) in [5, 5.41) is 14.9. The zero-order chi connectivity index (χ0) is 23.4. The molecule has 0 aliphatic carbocycles. The highest BCUT2D eigenvalue weighted by molar-refractivity contribution is 7.11. The van der Waals surface area contributed by atoms with Crippen molar-refractivity contribution in [2.45, 2.75) is 38.0 Å². The van der Waals surface area contributed by atoms with E-state index in [0.29, 0.717) is 12.5 Å². The zero-order valence-electron chi connectivity index (χ0n) is 19.3. The zero-order valence-corrected chi connectivity index (χ0v) is 20.2. The first-order valence-electron chi connectivity index (χ1n) is 11.9. The molecular formula is C28H30N2O3S. The van der Waals surface area contributed by atoms with Gasteiger partial charge in [0.05, 0.1) is 12.7 Å². The molecule has 0 spiro atoms. The highest BCUT2D eigenvalue weighted by Gasteiger charge is 2.39. The molecule has 2 aromatic carbocycles. The van der Waals surface area contributed by atoms with Crippen LogP contribution >= 0.6 is 11.3 Å². The molecule has 34 heavy (non-hydrogen) atoms. The topological polar surface area (TPSA) is 58.7 Å². The summed E-state index contributed by atoms with van der Waals surface area (Å²) in [6.45, 7) is 4.70. The van der Waals surface area contributed by atoms with Crippen LogP contribution in [0.4, 0.5) is 0 Å². The summed E-state index contributed by atoms with van der Waals surface area (Å²) < 4.78 is 12.5. The lowest BCUT2D eigenvalue weighted by atomic mass is 9.86. The van der Waals surface area contributed by atoms with E-state index in [2.05, 4.69) is 16.8 Å². The molecule has 1 N–H and O–H groups in total. The van der Waals surface area contributed by atoms with Crippen molar-refractivity contribution in [2.75, 3.05) is 13.1 Å². The van der Waals surface area contributed by atoms with Gasteiger partial charge in [-0.1, -0.05) is 67.6 Å². The molecule has 2 atom stereocenters. The minimum Gasteiger partial charge on any atom is -0.479 e. The average Bonchev–Trinajstić information content (AvgIpc) is 3.57. The number of hydrogen-bond acceptors (Lipinski definition) is 6. The molecule has 176 valence electrons. The highest BCUT2D eigenvalue weighted by atomic mass is 32.1. The van der Waals surface area contributed by atoms with Gasteiger partial charge >= 0.3 is 0 Å². The molecule has 5 rings (SSSR count). The number of aliphatic hydroxyl groups is 1. The quantitative estimate of drug-likeness (QED) is 0.355. The Morgan fingerprint density at radius 2 is 1.76 bits per heavy atom. The van der Waals surface area contributed by atoms with Gasteiger partial charge in [-0.2, -0.15) is 0 Å². The van der Waals surface area contributed by atoms with Gasteiger partial charge in [0.2, 0.25) is 5.89 Å². The number of thiophene rings is 1. The fourth-order valence-corrected chi connectivity index (χ4v) is 5.42. The Morgan fingerprint density at radius 3 is 2.38 bits per heavy atom. The molecule has 1 aliphatic rings. The second-order valence-electron chi connectivity index (χ2n) is 8.85. The van der Waals surface area contributed by atoms with Gasteiger partial charge < -0.3 is 14.3 Å². The van der Waals surface area contributed by atoms with Crippen LogP contribution in [0.25, 0.3) is 0 Å². The Morgan fingerprint density at radius 1 is 1.06 bits per heavy atom. The third-order valence-corrected chi connectivity index (χ3v) is 7.45. The summed E-state index contributed by atoms with van der Waals surface area (Å²) in [6.07, 6.45) is 4.10. The van der Waals surface area contributed by atoms with E-state index in [9.17, 15) is 5.11 Å². The lowest BCUT2D eigenvalue weighted by Crippen LogP contribution is -2.46. The number of likely N-dealkylation sites (tertiary alicyclic amines) is 1. The van der Waals surface area contributed by atoms with E-state index in [4.69, 9.17) is 9.15 Å². The van der Waals surface area contributed by atoms with Crippen molar-refractivity contribution in [3.63, 3.8) is 0 Å². The van der Waals surface area contributed by atoms with Crippen LogP contribution in [-0.2, 0) is 12.1 Å². The lowest BCUT2D eigenvalue weighted by Gasteiger charge is -2.37. The van der Waals surface area contributed by atoms with Gasteiger partial charge in [-0.25, -0.2) is 4.98 Å². The number of aromatic nitrogens is 1. The van der Waals surface area contributed by atoms with Gasteiger partial charge in [-0.15, -0.1) is 11.3 Å². The van der Waals surface area contributed by atoms with Crippen molar-refractivity contribution in [1.82, 2.24) is 9.88 Å². The smallest absolute Gasteiger partial charge is 0.236 e. The first kappa shape index (κ1) is 22.8. The Hall–Kier alpha value is -2.93. The van der Waals surface area contributed by atoms with Crippen LogP contribution in [0.5, 0.6) is 5.06 Å². The van der Waals surface area contributed by atoms with Crippen LogP contribution in [0, 0.1) is 5.92 Å². The number of rotatable bonds is 8. The molecule has 0 radical (unpaired) electrons. The predicted molar refractivity (Wildman–Crippen MR) is 134 cm³/mol. The summed E-state index contributed by atoms with van der Waals surface area (Å²) in [5.41, 5.74) is -0.00797. The van der Waals surface area contributed by atoms with Crippen molar-refractivity contribution in [3.8, 4) is 5.06 Å². The van der Waals surface area contributed by atoms with Crippen LogP contribution in [0.1, 0.15) is 42.5 Å². The van der Waals surface area contributed by atoms with Crippen molar-refractivity contribution in [3.05, 3.63) is 107 Å². The van der Waals surface area contributed by atoms with E-state index in [0.717, 1.165) is 47.9 Å². The van der Waals surface area contributed by atoms with Gasteiger partial charge in [0.25, 0.3) is 0 Å². The van der Waals surface area contributed by atoms with E-state index >= 15 is 0 Å². The fraction of sp³-hybridized carbons (Fsp3) is 0.321. The molecule has 0 amide bonds. The Kier molecular flexibility index (Phi) is 6.81. The van der Waals surface area contributed by atoms with E-state index in [1.807, 2.05) is 78.2 Å². The molecule has 1 fully saturated rings. The van der Waals surface area contributed by atoms with Crippen LogP contribution in [0.2, 0.25) is 0 Å². The molecule has 1 aliphatic heterocycles. The van der Waals surface area contributed by atoms with Crippen LogP contribution < -0.4 is 4.74 Å². The predicted octanol–water partition coefficient (Wildman–Crippen LogP) is 5.70. The monoisotopic (exact) mass is 474 g/mol. The summed E-state index contributed by atoms with van der Waals surface area (Å²) in [5.74, 6) is 1.57. The van der Waals surface area contributed by atoms with Crippen molar-refractivity contribution >= 4 is 11.3 Å². The number of hydrogen-bond donors (Lipinski definition) is 1. The number of oxazole rings is 1. The number of nitrogens with zero attached hydrogens (tertiary/aromatic N) is 2. The Balaban J connectivity index is 1.36. The lowest BCUT2D eigenvalue weighted by molar-refractivity contribution is 0.0324. The molecule has 0 saturated carbocycles. The van der Waals surface area contributed by atoms with Gasteiger partial charge in [-0.3, -0.25) is 4.90 Å². The summed E-state index contributed by atoms with van der Waals surface area (Å²) in [7, 11) is 0. The third kappa shape index (κ3) is 4.67.